The highest BCUT2D eigenvalue weighted by Crippen LogP contribution is 2.33. The molecule has 0 aliphatic heterocycles. The van der Waals surface area contributed by atoms with Crippen molar-refractivity contribution in [3.05, 3.63) is 75.1 Å². The topological polar surface area (TPSA) is 82.6 Å². The number of carbonyl (C=O) groups is 1. The number of benzene rings is 1. The molecule has 0 aliphatic rings. The number of nitrogens with zero attached hydrogens (tertiary/aromatic N) is 2. The molecule has 1 N–H and O–H groups in total. The second kappa shape index (κ2) is 13.2. The Hall–Kier alpha value is -3.24. The molecule has 1 aromatic heterocycles. The number of esters is 1. The summed E-state index contributed by atoms with van der Waals surface area (Å²) in [6.45, 7) is 3.34. The van der Waals surface area contributed by atoms with Crippen LogP contribution in [0.4, 0.5) is 24.8 Å². The van der Waals surface area contributed by atoms with Crippen molar-refractivity contribution >= 4 is 40.8 Å². The van der Waals surface area contributed by atoms with Gasteiger partial charge in [0.2, 0.25) is 11.8 Å². The molecule has 36 heavy (non-hydrogen) atoms. The van der Waals surface area contributed by atoms with Gasteiger partial charge in [-0.15, -0.1) is 0 Å². The van der Waals surface area contributed by atoms with E-state index < -0.39 is 17.8 Å². The third-order valence-electron chi connectivity index (χ3n) is 4.58. The van der Waals surface area contributed by atoms with Crippen molar-refractivity contribution in [1.82, 2.24) is 9.97 Å². The van der Waals surface area contributed by atoms with Crippen LogP contribution in [0.5, 0.6) is 5.88 Å². The number of alkyl halides is 3. The second-order valence-electron chi connectivity index (χ2n) is 7.05. The van der Waals surface area contributed by atoms with Gasteiger partial charge in [0.25, 0.3) is 0 Å². The van der Waals surface area contributed by atoms with Gasteiger partial charge in [-0.2, -0.15) is 18.2 Å². The first-order valence-corrected chi connectivity index (χ1v) is 11.3. The molecule has 0 amide bonds. The largest absolute Gasteiger partial charge is 0.503 e. The van der Waals surface area contributed by atoms with Crippen molar-refractivity contribution < 1.29 is 32.2 Å². The summed E-state index contributed by atoms with van der Waals surface area (Å²) in [5.41, 5.74) is 0.0945. The minimum atomic E-state index is -4.77. The molecule has 2 rings (SSSR count). The standard InChI is InChI=1S/C24H24Cl2F3N3O4/c1-5-7-16(17(13-34-3)22(33)35-4)14(6-2)12-36-21-11-20(24(27,28)29)31-23(32-21)30-19-9-8-15(25)10-18(19)26/h6-11,13H,5,12H2,1-4H3,(H,30,31,32)/b14-6-,16-7+,17-13+. The Morgan fingerprint density at radius 3 is 2.42 bits per heavy atom. The summed E-state index contributed by atoms with van der Waals surface area (Å²) in [4.78, 5) is 19.8. The number of anilines is 2. The molecule has 194 valence electrons. The maximum Gasteiger partial charge on any atom is 0.433 e. The Labute approximate surface area is 216 Å². The molecule has 12 heteroatoms. The van der Waals surface area contributed by atoms with Gasteiger partial charge in [0, 0.05) is 11.1 Å². The van der Waals surface area contributed by atoms with Crippen molar-refractivity contribution in [3.63, 3.8) is 0 Å². The van der Waals surface area contributed by atoms with Crippen LogP contribution in [-0.2, 0) is 20.4 Å². The van der Waals surface area contributed by atoms with Crippen molar-refractivity contribution in [2.24, 2.45) is 0 Å². The lowest BCUT2D eigenvalue weighted by Gasteiger charge is -2.16. The first kappa shape index (κ1) is 29.0. The van der Waals surface area contributed by atoms with E-state index in [0.29, 0.717) is 28.7 Å². The molecule has 0 saturated carbocycles. The van der Waals surface area contributed by atoms with E-state index >= 15 is 0 Å². The molecule has 2 aromatic rings. The third-order valence-corrected chi connectivity index (χ3v) is 5.13. The molecular weight excluding hydrogens is 522 g/mol. The normalized spacial score (nSPS) is 12.9. The van der Waals surface area contributed by atoms with Crippen LogP contribution in [0.15, 0.2) is 59.4 Å². The summed E-state index contributed by atoms with van der Waals surface area (Å²) in [6, 6.07) is 5.08. The van der Waals surface area contributed by atoms with Crippen molar-refractivity contribution in [2.75, 3.05) is 26.1 Å². The number of aromatic nitrogens is 2. The molecule has 0 spiro atoms. The van der Waals surface area contributed by atoms with Crippen LogP contribution in [0.25, 0.3) is 0 Å². The lowest BCUT2D eigenvalue weighted by atomic mass is 9.97. The van der Waals surface area contributed by atoms with E-state index in [1.807, 2.05) is 6.92 Å². The molecule has 0 unspecified atom stereocenters. The highest BCUT2D eigenvalue weighted by atomic mass is 35.5. The summed E-state index contributed by atoms with van der Waals surface area (Å²) in [5.74, 6) is -1.39. The number of methoxy groups -OCH3 is 2. The third kappa shape index (κ3) is 7.89. The van der Waals surface area contributed by atoms with Gasteiger partial charge in [0.1, 0.15) is 12.2 Å². The molecule has 0 atom stereocenters. The molecule has 1 aromatic carbocycles. The van der Waals surface area contributed by atoms with Gasteiger partial charge in [-0.05, 0) is 42.7 Å². The van der Waals surface area contributed by atoms with Crippen molar-refractivity contribution in [3.8, 4) is 5.88 Å². The number of rotatable bonds is 10. The van der Waals surface area contributed by atoms with E-state index in [0.717, 1.165) is 0 Å². The lowest BCUT2D eigenvalue weighted by Crippen LogP contribution is -2.15. The van der Waals surface area contributed by atoms with Crippen LogP contribution >= 0.6 is 23.2 Å². The number of ether oxygens (including phenoxy) is 3. The molecule has 0 fully saturated rings. The Morgan fingerprint density at radius 1 is 1.14 bits per heavy atom. The summed E-state index contributed by atoms with van der Waals surface area (Å²) in [5, 5.41) is 3.16. The van der Waals surface area contributed by atoms with Gasteiger partial charge in [0.15, 0.2) is 5.69 Å². The van der Waals surface area contributed by atoms with Crippen LogP contribution < -0.4 is 10.1 Å². The van der Waals surface area contributed by atoms with Gasteiger partial charge in [-0.3, -0.25) is 0 Å². The summed E-state index contributed by atoms with van der Waals surface area (Å²) < 4.78 is 56.0. The first-order chi connectivity index (χ1) is 17.0. The van der Waals surface area contributed by atoms with E-state index in [1.54, 1.807) is 19.1 Å². The minimum Gasteiger partial charge on any atom is -0.503 e. The summed E-state index contributed by atoms with van der Waals surface area (Å²) >= 11 is 12.0. The Bertz CT molecular complexity index is 1180. The molecule has 7 nitrogen and oxygen atoms in total. The molecule has 0 saturated heterocycles. The molecule has 1 heterocycles. The van der Waals surface area contributed by atoms with Crippen LogP contribution in [-0.4, -0.2) is 36.8 Å². The highest BCUT2D eigenvalue weighted by molar-refractivity contribution is 6.36. The monoisotopic (exact) mass is 545 g/mol. The number of carbonyl (C=O) groups excluding carboxylic acids is 1. The maximum atomic E-state index is 13.5. The predicted molar refractivity (Wildman–Crippen MR) is 132 cm³/mol. The Balaban J connectivity index is 2.41. The first-order valence-electron chi connectivity index (χ1n) is 10.5. The van der Waals surface area contributed by atoms with E-state index in [1.165, 1.54) is 38.7 Å². The molecular formula is C24H24Cl2F3N3O4. The van der Waals surface area contributed by atoms with Crippen molar-refractivity contribution in [1.29, 1.82) is 0 Å². The smallest absolute Gasteiger partial charge is 0.433 e. The number of allylic oxidation sites excluding steroid dienone is 2. The van der Waals surface area contributed by atoms with Gasteiger partial charge >= 0.3 is 12.1 Å². The Morgan fingerprint density at radius 2 is 1.86 bits per heavy atom. The average molecular weight is 546 g/mol. The van der Waals surface area contributed by atoms with Crippen LogP contribution in [0.1, 0.15) is 26.0 Å². The predicted octanol–water partition coefficient (Wildman–Crippen LogP) is 6.91. The van der Waals surface area contributed by atoms with Gasteiger partial charge in [-0.1, -0.05) is 42.3 Å². The average Bonchev–Trinajstić information content (AvgIpc) is 2.83. The summed E-state index contributed by atoms with van der Waals surface area (Å²) in [6.07, 6.45) is 0.411. The van der Waals surface area contributed by atoms with Gasteiger partial charge in [0.05, 0.1) is 31.2 Å². The highest BCUT2D eigenvalue weighted by Gasteiger charge is 2.34. The second-order valence-corrected chi connectivity index (χ2v) is 7.89. The fourth-order valence-electron chi connectivity index (χ4n) is 2.95. The van der Waals surface area contributed by atoms with E-state index in [-0.39, 0.29) is 34.7 Å². The molecule has 0 aliphatic carbocycles. The minimum absolute atomic E-state index is 0.122. The molecule has 0 radical (unpaired) electrons. The number of hydrogen-bond acceptors (Lipinski definition) is 7. The lowest BCUT2D eigenvalue weighted by molar-refractivity contribution is -0.141. The van der Waals surface area contributed by atoms with E-state index in [4.69, 9.17) is 37.4 Å². The number of nitrogens with one attached hydrogen (secondary N) is 1. The fraction of sp³-hybridized carbons (Fsp3) is 0.292. The zero-order valence-corrected chi connectivity index (χ0v) is 21.4. The van der Waals surface area contributed by atoms with Crippen molar-refractivity contribution in [2.45, 2.75) is 26.4 Å². The maximum absolute atomic E-state index is 13.5. The zero-order valence-electron chi connectivity index (χ0n) is 19.9. The number of halogens is 5. The zero-order chi connectivity index (χ0) is 26.9. The van der Waals surface area contributed by atoms with Gasteiger partial charge in [-0.25, -0.2) is 9.78 Å². The Kier molecular flexibility index (Phi) is 10.6. The number of hydrogen-bond donors (Lipinski definition) is 1. The van der Waals surface area contributed by atoms with E-state index in [2.05, 4.69) is 15.3 Å². The summed E-state index contributed by atoms with van der Waals surface area (Å²) in [7, 11) is 2.60. The van der Waals surface area contributed by atoms with Crippen LogP contribution in [0.2, 0.25) is 10.0 Å². The molecule has 0 bridgehead atoms. The van der Waals surface area contributed by atoms with Crippen LogP contribution in [0.3, 0.4) is 0 Å². The van der Waals surface area contributed by atoms with Crippen LogP contribution in [0, 0.1) is 0 Å². The SMILES string of the molecule is C\C=C(COc1cc(C(F)(F)F)nc(Nc2ccc(Cl)cc2Cl)n1)/C(=C\CC)C(=C\OC)/C(=O)OC. The van der Waals surface area contributed by atoms with E-state index in [9.17, 15) is 18.0 Å². The van der Waals surface area contributed by atoms with Gasteiger partial charge < -0.3 is 19.5 Å². The quantitative estimate of drug-likeness (QED) is 0.150. The fourth-order valence-corrected chi connectivity index (χ4v) is 3.40.